The molecule has 7 nitrogen and oxygen atoms in total. The summed E-state index contributed by atoms with van der Waals surface area (Å²) in [7, 11) is 1.65. The predicted octanol–water partition coefficient (Wildman–Crippen LogP) is 3.70. The van der Waals surface area contributed by atoms with Crippen LogP contribution in [0.25, 0.3) is 11.0 Å². The van der Waals surface area contributed by atoms with E-state index < -0.39 is 0 Å². The van der Waals surface area contributed by atoms with E-state index in [1.807, 2.05) is 42.5 Å². The van der Waals surface area contributed by atoms with E-state index in [0.717, 1.165) is 60.6 Å². The lowest BCUT2D eigenvalue weighted by atomic mass is 10.2. The molecular weight excluding hydrogens is 394 g/mol. The first-order valence-corrected chi connectivity index (χ1v) is 10.8. The van der Waals surface area contributed by atoms with Crippen LogP contribution in [0.2, 0.25) is 0 Å². The number of carbonyl (C=O) groups excluding carboxylic acids is 1. The van der Waals surface area contributed by atoms with E-state index in [-0.39, 0.29) is 12.0 Å². The van der Waals surface area contributed by atoms with Gasteiger partial charge < -0.3 is 24.1 Å². The minimum Gasteiger partial charge on any atom is -0.497 e. The van der Waals surface area contributed by atoms with Crippen LogP contribution in [0.5, 0.6) is 11.5 Å². The molecule has 0 aliphatic carbocycles. The van der Waals surface area contributed by atoms with Gasteiger partial charge >= 0.3 is 0 Å². The number of fused-ring (bicyclic) bond motifs is 1. The first-order chi connectivity index (χ1) is 15.2. The van der Waals surface area contributed by atoms with Crippen LogP contribution in [0.1, 0.15) is 31.5 Å². The number of hydrogen-bond donors (Lipinski definition) is 1. The van der Waals surface area contributed by atoms with Crippen LogP contribution in [0, 0.1) is 0 Å². The van der Waals surface area contributed by atoms with Gasteiger partial charge in [0.05, 0.1) is 31.3 Å². The molecule has 31 heavy (non-hydrogen) atoms. The van der Waals surface area contributed by atoms with Crippen LogP contribution in [-0.4, -0.2) is 41.9 Å². The molecule has 0 bridgehead atoms. The summed E-state index contributed by atoms with van der Waals surface area (Å²) >= 11 is 0. The number of carbonyl (C=O) groups is 1. The molecule has 1 aliphatic heterocycles. The third kappa shape index (κ3) is 5.35. The number of nitrogens with zero attached hydrogens (tertiary/aromatic N) is 2. The summed E-state index contributed by atoms with van der Waals surface area (Å²) in [6.45, 7) is 2.52. The van der Waals surface area contributed by atoms with Gasteiger partial charge in [0.2, 0.25) is 5.91 Å². The zero-order valence-corrected chi connectivity index (χ0v) is 17.9. The average Bonchev–Trinajstić information content (AvgIpc) is 3.46. The molecule has 1 saturated heterocycles. The van der Waals surface area contributed by atoms with Crippen LogP contribution in [0.3, 0.4) is 0 Å². The predicted molar refractivity (Wildman–Crippen MR) is 118 cm³/mol. The van der Waals surface area contributed by atoms with E-state index in [2.05, 4.69) is 16.0 Å². The van der Waals surface area contributed by atoms with Crippen molar-refractivity contribution in [2.24, 2.45) is 0 Å². The van der Waals surface area contributed by atoms with Gasteiger partial charge in [0.15, 0.2) is 0 Å². The van der Waals surface area contributed by atoms with Crippen molar-refractivity contribution in [2.45, 2.75) is 44.9 Å². The molecule has 0 spiro atoms. The molecule has 2 heterocycles. The first kappa shape index (κ1) is 21.2. The molecule has 2 aromatic carbocycles. The highest BCUT2D eigenvalue weighted by Gasteiger charge is 2.23. The Kier molecular flexibility index (Phi) is 7.04. The minimum atomic E-state index is -0.326. The Morgan fingerprint density at radius 3 is 2.74 bits per heavy atom. The number of aromatic nitrogens is 2. The topological polar surface area (TPSA) is 74.6 Å². The van der Waals surface area contributed by atoms with Gasteiger partial charge in [0.25, 0.3) is 0 Å². The quantitative estimate of drug-likeness (QED) is 0.504. The fourth-order valence-corrected chi connectivity index (χ4v) is 3.81. The minimum absolute atomic E-state index is 0.0519. The van der Waals surface area contributed by atoms with Crippen molar-refractivity contribution in [1.29, 1.82) is 0 Å². The molecule has 0 radical (unpaired) electrons. The second-order valence-electron chi connectivity index (χ2n) is 7.62. The zero-order chi connectivity index (χ0) is 21.5. The molecule has 7 heteroatoms. The second kappa shape index (κ2) is 10.3. The maximum Gasteiger partial charge on any atom is 0.249 e. The molecule has 1 fully saturated rings. The number of methoxy groups -OCH3 is 1. The summed E-state index contributed by atoms with van der Waals surface area (Å²) in [4.78, 5) is 17.1. The number of imidazole rings is 1. The number of nitrogens with one attached hydrogen (secondary N) is 1. The molecule has 1 aliphatic rings. The van der Waals surface area contributed by atoms with E-state index in [4.69, 9.17) is 19.2 Å². The fourth-order valence-electron chi connectivity index (χ4n) is 3.81. The third-order valence-electron chi connectivity index (χ3n) is 5.48. The summed E-state index contributed by atoms with van der Waals surface area (Å²) in [5, 5.41) is 2.99. The lowest BCUT2D eigenvalue weighted by Gasteiger charge is -2.13. The SMILES string of the molecule is COc1ccc(OCCCCn2c(CNC(=O)C3CCCO3)nc3ccccc32)cc1. The van der Waals surface area contributed by atoms with E-state index in [9.17, 15) is 4.79 Å². The number of rotatable bonds is 10. The highest BCUT2D eigenvalue weighted by atomic mass is 16.5. The molecular formula is C24H29N3O4. The second-order valence-corrected chi connectivity index (χ2v) is 7.62. The van der Waals surface area contributed by atoms with Crippen molar-refractivity contribution in [3.8, 4) is 11.5 Å². The van der Waals surface area contributed by atoms with Crippen molar-refractivity contribution in [2.75, 3.05) is 20.3 Å². The average molecular weight is 424 g/mol. The molecule has 1 atom stereocenters. The largest absolute Gasteiger partial charge is 0.497 e. The molecule has 0 saturated carbocycles. The molecule has 1 N–H and O–H groups in total. The van der Waals surface area contributed by atoms with E-state index >= 15 is 0 Å². The van der Waals surface area contributed by atoms with Crippen molar-refractivity contribution < 1.29 is 19.0 Å². The van der Waals surface area contributed by atoms with Gasteiger partial charge in [-0.2, -0.15) is 0 Å². The Labute approximate surface area is 182 Å². The number of amides is 1. The fraction of sp³-hybridized carbons (Fsp3) is 0.417. The van der Waals surface area contributed by atoms with E-state index in [1.54, 1.807) is 7.11 Å². The van der Waals surface area contributed by atoms with Crippen molar-refractivity contribution in [3.05, 3.63) is 54.4 Å². The summed E-state index contributed by atoms with van der Waals surface area (Å²) in [6, 6.07) is 15.7. The molecule has 4 rings (SSSR count). The van der Waals surface area contributed by atoms with Crippen molar-refractivity contribution in [3.63, 3.8) is 0 Å². The maximum absolute atomic E-state index is 12.3. The molecule has 1 amide bonds. The van der Waals surface area contributed by atoms with Crippen molar-refractivity contribution in [1.82, 2.24) is 14.9 Å². The maximum atomic E-state index is 12.3. The summed E-state index contributed by atoms with van der Waals surface area (Å²) in [5.41, 5.74) is 2.03. The number of hydrogen-bond acceptors (Lipinski definition) is 5. The molecule has 1 unspecified atom stereocenters. The summed E-state index contributed by atoms with van der Waals surface area (Å²) in [6.07, 6.45) is 3.27. The van der Waals surface area contributed by atoms with Crippen LogP contribution < -0.4 is 14.8 Å². The van der Waals surface area contributed by atoms with Gasteiger partial charge in [-0.1, -0.05) is 12.1 Å². The van der Waals surface area contributed by atoms with Crippen LogP contribution >= 0.6 is 0 Å². The Morgan fingerprint density at radius 2 is 1.97 bits per heavy atom. The monoisotopic (exact) mass is 423 g/mol. The van der Waals surface area contributed by atoms with E-state index in [1.165, 1.54) is 0 Å². The first-order valence-electron chi connectivity index (χ1n) is 10.8. The molecule has 164 valence electrons. The number of benzene rings is 2. The van der Waals surface area contributed by atoms with Gasteiger partial charge in [-0.3, -0.25) is 4.79 Å². The highest BCUT2D eigenvalue weighted by molar-refractivity contribution is 5.81. The van der Waals surface area contributed by atoms with Crippen LogP contribution in [0.4, 0.5) is 0 Å². The normalized spacial score (nSPS) is 15.8. The van der Waals surface area contributed by atoms with Crippen molar-refractivity contribution >= 4 is 16.9 Å². The Balaban J connectivity index is 1.32. The Bertz CT molecular complexity index is 994. The van der Waals surface area contributed by atoms with Gasteiger partial charge in [0.1, 0.15) is 23.4 Å². The van der Waals surface area contributed by atoms with Crippen LogP contribution in [0.15, 0.2) is 48.5 Å². The van der Waals surface area contributed by atoms with Gasteiger partial charge in [0, 0.05) is 13.2 Å². The molecule has 1 aromatic heterocycles. The standard InChI is InChI=1S/C24H29N3O4/c1-29-18-10-12-19(13-11-18)30-15-5-4-14-27-21-8-3-2-7-20(21)26-23(27)17-25-24(28)22-9-6-16-31-22/h2-3,7-8,10-13,22H,4-6,9,14-17H2,1H3,(H,25,28). The number of para-hydroxylation sites is 2. The zero-order valence-electron chi connectivity index (χ0n) is 17.9. The summed E-state index contributed by atoms with van der Waals surface area (Å²) < 4.78 is 18.7. The van der Waals surface area contributed by atoms with Gasteiger partial charge in [-0.25, -0.2) is 4.98 Å². The lowest BCUT2D eigenvalue weighted by Crippen LogP contribution is -2.34. The number of unbranched alkanes of at least 4 members (excludes halogenated alkanes) is 1. The Morgan fingerprint density at radius 1 is 1.16 bits per heavy atom. The third-order valence-corrected chi connectivity index (χ3v) is 5.48. The van der Waals surface area contributed by atoms with E-state index in [0.29, 0.717) is 19.8 Å². The van der Waals surface area contributed by atoms with Gasteiger partial charge in [-0.05, 0) is 62.1 Å². The number of aryl methyl sites for hydroxylation is 1. The smallest absolute Gasteiger partial charge is 0.249 e. The Hall–Kier alpha value is -3.06. The van der Waals surface area contributed by atoms with Crippen LogP contribution in [-0.2, 0) is 22.6 Å². The number of ether oxygens (including phenoxy) is 3. The summed E-state index contributed by atoms with van der Waals surface area (Å²) in [5.74, 6) is 2.47. The van der Waals surface area contributed by atoms with Gasteiger partial charge in [-0.15, -0.1) is 0 Å². The molecule has 3 aromatic rings. The highest BCUT2D eigenvalue weighted by Crippen LogP contribution is 2.19. The lowest BCUT2D eigenvalue weighted by molar-refractivity contribution is -0.130.